The zero-order valence-electron chi connectivity index (χ0n) is 15.2. The maximum absolute atomic E-state index is 11.5. The molecule has 29 heavy (non-hydrogen) atoms. The number of sulfonamides is 1. The largest absolute Gasteiger partial charge is 0.440 e. The fourth-order valence-corrected chi connectivity index (χ4v) is 3.74. The number of halogens is 1. The van der Waals surface area contributed by atoms with Gasteiger partial charge in [0.1, 0.15) is 5.69 Å². The lowest BCUT2D eigenvalue weighted by atomic mass is 10.1. The van der Waals surface area contributed by atoms with Gasteiger partial charge in [0.25, 0.3) is 0 Å². The molecule has 0 bridgehead atoms. The van der Waals surface area contributed by atoms with E-state index in [0.717, 1.165) is 16.7 Å². The minimum atomic E-state index is -3.77. The highest BCUT2D eigenvalue weighted by atomic mass is 35.5. The summed E-state index contributed by atoms with van der Waals surface area (Å²) in [5, 5.41) is 5.78. The second-order valence-corrected chi connectivity index (χ2v) is 8.53. The summed E-state index contributed by atoms with van der Waals surface area (Å²) in [5.74, 6) is 1.12. The van der Waals surface area contributed by atoms with Crippen LogP contribution in [0.1, 0.15) is 11.5 Å². The van der Waals surface area contributed by atoms with Gasteiger partial charge in [-0.05, 0) is 29.8 Å². The first-order valence-electron chi connectivity index (χ1n) is 8.83. The summed E-state index contributed by atoms with van der Waals surface area (Å²) < 4.78 is 29.2. The van der Waals surface area contributed by atoms with Gasteiger partial charge >= 0.3 is 0 Å². The monoisotopic (exact) mass is 424 g/mol. The van der Waals surface area contributed by atoms with Gasteiger partial charge in [-0.1, -0.05) is 66.2 Å². The number of aromatic nitrogens is 1. The highest BCUT2D eigenvalue weighted by Gasteiger charge is 2.18. The fraction of sp³-hybridized carbons (Fsp3) is 0.0455. The predicted octanol–water partition coefficient (Wildman–Crippen LogP) is 4.90. The number of nitrogens with zero attached hydrogens (tertiary/aromatic N) is 1. The lowest BCUT2D eigenvalue weighted by molar-refractivity contribution is 0.519. The first-order chi connectivity index (χ1) is 13.9. The molecule has 0 aliphatic carbocycles. The topological polar surface area (TPSA) is 86.2 Å². The summed E-state index contributed by atoms with van der Waals surface area (Å²) >= 11 is 6.16. The van der Waals surface area contributed by atoms with Gasteiger partial charge < -0.3 is 4.42 Å². The van der Waals surface area contributed by atoms with Gasteiger partial charge in [-0.25, -0.2) is 18.5 Å². The van der Waals surface area contributed by atoms with Gasteiger partial charge in [-0.15, -0.1) is 0 Å². The molecule has 3 aromatic carbocycles. The van der Waals surface area contributed by atoms with Gasteiger partial charge in [0.05, 0.1) is 4.90 Å². The van der Waals surface area contributed by atoms with Gasteiger partial charge in [0.2, 0.25) is 10.0 Å². The van der Waals surface area contributed by atoms with Crippen LogP contribution in [0.3, 0.4) is 0 Å². The molecule has 0 amide bonds. The van der Waals surface area contributed by atoms with E-state index in [0.29, 0.717) is 28.8 Å². The first-order valence-corrected chi connectivity index (χ1v) is 10.8. The zero-order chi connectivity index (χ0) is 20.4. The summed E-state index contributed by atoms with van der Waals surface area (Å²) in [7, 11) is -3.77. The Labute approximate surface area is 173 Å². The quantitative estimate of drug-likeness (QED) is 0.493. The van der Waals surface area contributed by atoms with E-state index in [4.69, 9.17) is 21.2 Å². The average molecular weight is 425 g/mol. The van der Waals surface area contributed by atoms with Crippen LogP contribution in [0.25, 0.3) is 22.6 Å². The van der Waals surface area contributed by atoms with Gasteiger partial charge in [-0.2, -0.15) is 0 Å². The summed E-state index contributed by atoms with van der Waals surface area (Å²) in [5.41, 5.74) is 3.19. The molecular weight excluding hydrogens is 408 g/mol. The molecule has 146 valence electrons. The van der Waals surface area contributed by atoms with E-state index in [1.54, 1.807) is 24.3 Å². The van der Waals surface area contributed by atoms with Crippen molar-refractivity contribution < 1.29 is 12.8 Å². The van der Waals surface area contributed by atoms with Crippen molar-refractivity contribution in [2.75, 3.05) is 0 Å². The van der Waals surface area contributed by atoms with Crippen molar-refractivity contribution in [3.05, 3.63) is 95.3 Å². The molecule has 1 heterocycles. The average Bonchev–Trinajstić information content (AvgIpc) is 3.12. The number of primary sulfonamides is 1. The number of oxazole rings is 1. The van der Waals surface area contributed by atoms with E-state index in [-0.39, 0.29) is 4.90 Å². The Kier molecular flexibility index (Phi) is 5.24. The molecule has 2 N–H and O–H groups in total. The van der Waals surface area contributed by atoms with Crippen molar-refractivity contribution in [3.63, 3.8) is 0 Å². The van der Waals surface area contributed by atoms with Crippen molar-refractivity contribution in [1.82, 2.24) is 4.98 Å². The van der Waals surface area contributed by atoms with Crippen LogP contribution in [0.2, 0.25) is 5.02 Å². The molecule has 7 heteroatoms. The molecule has 1 aromatic heterocycles. The number of nitrogens with two attached hydrogens (primary N) is 1. The minimum Gasteiger partial charge on any atom is -0.440 e. The number of rotatable bonds is 5. The van der Waals surface area contributed by atoms with E-state index in [2.05, 4.69) is 4.98 Å². The van der Waals surface area contributed by atoms with Gasteiger partial charge in [0.15, 0.2) is 11.7 Å². The number of hydrogen-bond donors (Lipinski definition) is 1. The fourth-order valence-electron chi connectivity index (χ4n) is 3.03. The maximum atomic E-state index is 11.5. The third-order valence-electron chi connectivity index (χ3n) is 4.41. The Bertz CT molecular complexity index is 1250. The Morgan fingerprint density at radius 1 is 0.897 bits per heavy atom. The summed E-state index contributed by atoms with van der Waals surface area (Å²) in [6.45, 7) is 0. The Morgan fingerprint density at radius 2 is 1.62 bits per heavy atom. The number of benzene rings is 3. The highest BCUT2D eigenvalue weighted by Crippen LogP contribution is 2.34. The van der Waals surface area contributed by atoms with Gasteiger partial charge in [0, 0.05) is 22.6 Å². The van der Waals surface area contributed by atoms with Crippen LogP contribution < -0.4 is 5.14 Å². The molecule has 0 unspecified atom stereocenters. The lowest BCUT2D eigenvalue weighted by Crippen LogP contribution is -2.11. The van der Waals surface area contributed by atoms with E-state index < -0.39 is 10.0 Å². The van der Waals surface area contributed by atoms with E-state index >= 15 is 0 Å². The summed E-state index contributed by atoms with van der Waals surface area (Å²) in [6, 6.07) is 23.4. The summed E-state index contributed by atoms with van der Waals surface area (Å²) in [6.07, 6.45) is 0.531. The van der Waals surface area contributed by atoms with Crippen LogP contribution in [0.15, 0.2) is 88.2 Å². The molecule has 0 aliphatic heterocycles. The second-order valence-electron chi connectivity index (χ2n) is 6.53. The Hall–Kier alpha value is -2.93. The van der Waals surface area contributed by atoms with Crippen LogP contribution in [-0.4, -0.2) is 13.4 Å². The third-order valence-corrected chi connectivity index (χ3v) is 5.58. The summed E-state index contributed by atoms with van der Waals surface area (Å²) in [4.78, 5) is 4.72. The van der Waals surface area contributed by atoms with Crippen molar-refractivity contribution in [2.45, 2.75) is 11.3 Å². The molecule has 0 aliphatic rings. The molecule has 5 nitrogen and oxygen atoms in total. The molecule has 0 saturated carbocycles. The molecule has 0 fully saturated rings. The van der Waals surface area contributed by atoms with E-state index in [1.807, 2.05) is 42.5 Å². The zero-order valence-corrected chi connectivity index (χ0v) is 16.8. The van der Waals surface area contributed by atoms with Crippen molar-refractivity contribution in [2.24, 2.45) is 5.14 Å². The molecule has 0 saturated heterocycles. The third kappa shape index (κ3) is 4.40. The number of hydrogen-bond acceptors (Lipinski definition) is 4. The molecule has 0 atom stereocenters. The molecule has 4 aromatic rings. The highest BCUT2D eigenvalue weighted by molar-refractivity contribution is 7.89. The Morgan fingerprint density at radius 3 is 2.28 bits per heavy atom. The molecule has 0 spiro atoms. The second kappa shape index (κ2) is 7.83. The van der Waals surface area contributed by atoms with Crippen LogP contribution in [0, 0.1) is 0 Å². The van der Waals surface area contributed by atoms with Crippen molar-refractivity contribution in [3.8, 4) is 22.6 Å². The smallest absolute Gasteiger partial charge is 0.238 e. The van der Waals surface area contributed by atoms with E-state index in [9.17, 15) is 8.42 Å². The van der Waals surface area contributed by atoms with E-state index in [1.165, 1.54) is 12.1 Å². The predicted molar refractivity (Wildman–Crippen MR) is 113 cm³/mol. The molecular formula is C22H17ClN2O3S. The first kappa shape index (κ1) is 19.4. The Balaban J connectivity index is 1.80. The lowest BCUT2D eigenvalue weighted by Gasteiger charge is -2.03. The maximum Gasteiger partial charge on any atom is 0.238 e. The van der Waals surface area contributed by atoms with Crippen LogP contribution in [0.5, 0.6) is 0 Å². The van der Waals surface area contributed by atoms with Crippen LogP contribution in [-0.2, 0) is 16.4 Å². The SMILES string of the molecule is NS(=O)(=O)c1ccc(-c2nc(Cc3ccccc3)oc2-c2cccc(Cl)c2)cc1. The standard InChI is InChI=1S/C22H17ClN2O3S/c23-18-8-4-7-17(14-18)22-21(16-9-11-19(12-10-16)29(24,26)27)25-20(28-22)13-15-5-2-1-3-6-15/h1-12,14H,13H2,(H2,24,26,27). The van der Waals surface area contributed by atoms with Crippen molar-refractivity contribution in [1.29, 1.82) is 0 Å². The van der Waals surface area contributed by atoms with Crippen LogP contribution >= 0.6 is 11.6 Å². The molecule has 4 rings (SSSR count). The van der Waals surface area contributed by atoms with Gasteiger partial charge in [-0.3, -0.25) is 0 Å². The normalized spacial score (nSPS) is 11.5. The van der Waals surface area contributed by atoms with Crippen LogP contribution in [0.4, 0.5) is 0 Å². The minimum absolute atomic E-state index is 0.0403. The molecule has 0 radical (unpaired) electrons. The van der Waals surface area contributed by atoms with Crippen molar-refractivity contribution >= 4 is 21.6 Å².